The Kier molecular flexibility index (Phi) is 5.90. The van der Waals surface area contributed by atoms with Crippen molar-refractivity contribution in [2.45, 2.75) is 6.54 Å². The van der Waals surface area contributed by atoms with Gasteiger partial charge in [0.1, 0.15) is 5.82 Å². The van der Waals surface area contributed by atoms with E-state index in [1.165, 1.54) is 15.5 Å². The standard InChI is InChI=1S/C20H17BrFN3O2S/c1-3-8-25(11-13-9-14(21)5-7-16(13)22)18(26)12-4-6-15-17(10-12)23-20(28)24(2)19(15)27/h3-7,9-10H,1,8,11H2,2H3,(H,23,28). The molecule has 3 aromatic rings. The van der Waals surface area contributed by atoms with Crippen LogP contribution in [0.2, 0.25) is 0 Å². The Morgan fingerprint density at radius 2 is 2.11 bits per heavy atom. The molecule has 0 fully saturated rings. The largest absolute Gasteiger partial charge is 0.332 e. The fourth-order valence-electron chi connectivity index (χ4n) is 2.87. The van der Waals surface area contributed by atoms with E-state index in [0.29, 0.717) is 22.0 Å². The first-order chi connectivity index (χ1) is 13.3. The average molecular weight is 462 g/mol. The Bertz CT molecular complexity index is 1200. The highest BCUT2D eigenvalue weighted by Gasteiger charge is 2.18. The third-order valence-electron chi connectivity index (χ3n) is 4.35. The van der Waals surface area contributed by atoms with Gasteiger partial charge in [-0.25, -0.2) is 4.39 Å². The van der Waals surface area contributed by atoms with Gasteiger partial charge in [0.25, 0.3) is 11.5 Å². The maximum Gasteiger partial charge on any atom is 0.261 e. The number of hydrogen-bond acceptors (Lipinski definition) is 3. The van der Waals surface area contributed by atoms with Crippen LogP contribution < -0.4 is 5.56 Å². The highest BCUT2D eigenvalue weighted by Crippen LogP contribution is 2.19. The normalized spacial score (nSPS) is 10.8. The minimum atomic E-state index is -0.392. The van der Waals surface area contributed by atoms with Gasteiger partial charge in [0.05, 0.1) is 10.9 Å². The predicted molar refractivity (Wildman–Crippen MR) is 113 cm³/mol. The van der Waals surface area contributed by atoms with Gasteiger partial charge in [-0.3, -0.25) is 14.2 Å². The molecule has 0 aliphatic heterocycles. The van der Waals surface area contributed by atoms with E-state index in [4.69, 9.17) is 12.2 Å². The Labute approximate surface area is 174 Å². The molecule has 0 atom stereocenters. The molecular weight excluding hydrogens is 445 g/mol. The number of halogens is 2. The smallest absolute Gasteiger partial charge is 0.261 e. The first-order valence-corrected chi connectivity index (χ1v) is 9.59. The summed E-state index contributed by atoms with van der Waals surface area (Å²) in [6, 6.07) is 9.34. The molecule has 144 valence electrons. The minimum absolute atomic E-state index is 0.0840. The summed E-state index contributed by atoms with van der Waals surface area (Å²) in [5, 5.41) is 0.431. The highest BCUT2D eigenvalue weighted by molar-refractivity contribution is 9.10. The number of aromatic nitrogens is 2. The molecule has 5 nitrogen and oxygen atoms in total. The maximum atomic E-state index is 14.1. The molecule has 0 bridgehead atoms. The second-order valence-electron chi connectivity index (χ2n) is 6.26. The van der Waals surface area contributed by atoms with Gasteiger partial charge in [-0.2, -0.15) is 0 Å². The monoisotopic (exact) mass is 461 g/mol. The zero-order valence-corrected chi connectivity index (χ0v) is 17.4. The van der Waals surface area contributed by atoms with Crippen molar-refractivity contribution in [2.75, 3.05) is 6.54 Å². The summed E-state index contributed by atoms with van der Waals surface area (Å²) in [5.41, 5.74) is 0.991. The Morgan fingerprint density at radius 3 is 2.82 bits per heavy atom. The lowest BCUT2D eigenvalue weighted by Crippen LogP contribution is -2.31. The first kappa shape index (κ1) is 20.2. The van der Waals surface area contributed by atoms with Gasteiger partial charge < -0.3 is 9.88 Å². The SMILES string of the molecule is C=CCN(Cc1cc(Br)ccc1F)C(=O)c1ccc2c(=O)n(C)c(=S)[nH]c2c1. The zero-order valence-electron chi connectivity index (χ0n) is 15.0. The van der Waals surface area contributed by atoms with Gasteiger partial charge in [-0.05, 0) is 48.6 Å². The van der Waals surface area contributed by atoms with E-state index < -0.39 is 5.82 Å². The summed E-state index contributed by atoms with van der Waals surface area (Å²) in [6.45, 7) is 4.01. The minimum Gasteiger partial charge on any atom is -0.332 e. The second-order valence-corrected chi connectivity index (χ2v) is 7.57. The first-order valence-electron chi connectivity index (χ1n) is 8.39. The number of carbonyl (C=O) groups is 1. The molecule has 8 heteroatoms. The van der Waals surface area contributed by atoms with E-state index in [9.17, 15) is 14.0 Å². The third-order valence-corrected chi connectivity index (χ3v) is 5.22. The van der Waals surface area contributed by atoms with Crippen LogP contribution in [0, 0.1) is 10.6 Å². The van der Waals surface area contributed by atoms with Gasteiger partial charge in [-0.1, -0.05) is 22.0 Å². The number of hydrogen-bond donors (Lipinski definition) is 1. The van der Waals surface area contributed by atoms with Crippen LogP contribution in [0.5, 0.6) is 0 Å². The molecule has 0 saturated heterocycles. The summed E-state index contributed by atoms with van der Waals surface area (Å²) in [7, 11) is 1.58. The zero-order chi connectivity index (χ0) is 20.4. The van der Waals surface area contributed by atoms with Gasteiger partial charge in [0.15, 0.2) is 4.77 Å². The van der Waals surface area contributed by atoms with E-state index in [1.807, 2.05) is 0 Å². The van der Waals surface area contributed by atoms with Crippen molar-refractivity contribution < 1.29 is 9.18 Å². The molecule has 0 unspecified atom stereocenters. The summed E-state index contributed by atoms with van der Waals surface area (Å²) in [4.78, 5) is 29.8. The lowest BCUT2D eigenvalue weighted by molar-refractivity contribution is 0.0761. The average Bonchev–Trinajstić information content (AvgIpc) is 2.67. The third kappa shape index (κ3) is 3.98. The van der Waals surface area contributed by atoms with Crippen molar-refractivity contribution >= 4 is 45.0 Å². The van der Waals surface area contributed by atoms with Gasteiger partial charge >= 0.3 is 0 Å². The molecule has 2 aromatic carbocycles. The van der Waals surface area contributed by atoms with Crippen LogP contribution in [0.15, 0.2) is 58.3 Å². The van der Waals surface area contributed by atoms with Gasteiger partial charge in [0.2, 0.25) is 0 Å². The molecule has 0 saturated carbocycles. The summed E-state index contributed by atoms with van der Waals surface area (Å²) >= 11 is 8.45. The van der Waals surface area contributed by atoms with Crippen LogP contribution in [-0.2, 0) is 13.6 Å². The number of nitrogens with zero attached hydrogens (tertiary/aromatic N) is 2. The van der Waals surface area contributed by atoms with E-state index in [0.717, 1.165) is 4.47 Å². The van der Waals surface area contributed by atoms with Crippen molar-refractivity contribution in [1.29, 1.82) is 0 Å². The number of H-pyrrole nitrogens is 1. The molecule has 0 radical (unpaired) electrons. The molecule has 0 aliphatic carbocycles. The summed E-state index contributed by atoms with van der Waals surface area (Å²) < 4.78 is 16.5. The maximum absolute atomic E-state index is 14.1. The van der Waals surface area contributed by atoms with Crippen molar-refractivity contribution in [2.24, 2.45) is 7.05 Å². The van der Waals surface area contributed by atoms with E-state index >= 15 is 0 Å². The lowest BCUT2D eigenvalue weighted by Gasteiger charge is -2.22. The molecule has 3 rings (SSSR count). The Morgan fingerprint density at radius 1 is 1.36 bits per heavy atom. The Hall–Kier alpha value is -2.58. The molecular formula is C20H17BrFN3O2S. The molecule has 1 aromatic heterocycles. The van der Waals surface area contributed by atoms with Crippen LogP contribution >= 0.6 is 28.1 Å². The topological polar surface area (TPSA) is 58.1 Å². The lowest BCUT2D eigenvalue weighted by atomic mass is 10.1. The molecule has 1 amide bonds. The van der Waals surface area contributed by atoms with Crippen molar-refractivity contribution in [3.8, 4) is 0 Å². The van der Waals surface area contributed by atoms with Crippen LogP contribution in [0.25, 0.3) is 10.9 Å². The van der Waals surface area contributed by atoms with Crippen LogP contribution in [0.1, 0.15) is 15.9 Å². The summed E-state index contributed by atoms with van der Waals surface area (Å²) in [5.74, 6) is -0.697. The van der Waals surface area contributed by atoms with Crippen LogP contribution in [0.4, 0.5) is 4.39 Å². The van der Waals surface area contributed by atoms with Crippen molar-refractivity contribution in [3.63, 3.8) is 0 Å². The second kappa shape index (κ2) is 8.20. The van der Waals surface area contributed by atoms with Crippen molar-refractivity contribution in [3.05, 3.63) is 85.6 Å². The van der Waals surface area contributed by atoms with Gasteiger partial charge in [-0.15, -0.1) is 6.58 Å². The van der Waals surface area contributed by atoms with Gasteiger partial charge in [0, 0.05) is 35.7 Å². The number of carbonyl (C=O) groups excluding carboxylic acids is 1. The number of nitrogens with one attached hydrogen (secondary N) is 1. The molecule has 0 aliphatic rings. The number of rotatable bonds is 5. The van der Waals surface area contributed by atoms with Crippen molar-refractivity contribution in [1.82, 2.24) is 14.5 Å². The Balaban J connectivity index is 2.00. The number of amides is 1. The van der Waals surface area contributed by atoms with Crippen LogP contribution in [0.3, 0.4) is 0 Å². The fraction of sp³-hybridized carbons (Fsp3) is 0.150. The highest BCUT2D eigenvalue weighted by atomic mass is 79.9. The number of aromatic amines is 1. The van der Waals surface area contributed by atoms with Crippen LogP contribution in [-0.4, -0.2) is 26.9 Å². The predicted octanol–water partition coefficient (Wildman–Crippen LogP) is 4.33. The molecule has 0 spiro atoms. The fourth-order valence-corrected chi connectivity index (χ4v) is 3.47. The molecule has 1 N–H and O–H groups in total. The summed E-state index contributed by atoms with van der Waals surface area (Å²) in [6.07, 6.45) is 1.58. The van der Waals surface area contributed by atoms with E-state index in [1.54, 1.807) is 43.5 Å². The number of fused-ring (bicyclic) bond motifs is 1. The quantitative estimate of drug-likeness (QED) is 0.454. The van der Waals surface area contributed by atoms with E-state index in [2.05, 4.69) is 27.5 Å². The molecule has 28 heavy (non-hydrogen) atoms. The number of benzene rings is 2. The van der Waals surface area contributed by atoms with E-state index in [-0.39, 0.29) is 29.3 Å². The molecule has 1 heterocycles.